The van der Waals surface area contributed by atoms with Crippen LogP contribution in [0.1, 0.15) is 12.0 Å². The van der Waals surface area contributed by atoms with E-state index in [1.54, 1.807) is 31.0 Å². The molecule has 0 aliphatic carbocycles. The molecule has 0 spiro atoms. The van der Waals surface area contributed by atoms with Crippen molar-refractivity contribution in [1.82, 2.24) is 0 Å². The number of benzene rings is 2. The lowest BCUT2D eigenvalue weighted by Gasteiger charge is -2.10. The lowest BCUT2D eigenvalue weighted by molar-refractivity contribution is 0.185. The standard InChI is InChI=1S/C18H22FN3OS.HI/c1-23-13-14-5-2-3-6-17(14)22-18(20)21-11-4-12-24-16-9-7-15(19)8-10-16;/h2-3,5-10H,4,11-13H2,1H3,(H3,20,21,22);1H. The highest BCUT2D eigenvalue weighted by atomic mass is 127. The molecule has 25 heavy (non-hydrogen) atoms. The van der Waals surface area contributed by atoms with Crippen molar-refractivity contribution in [2.75, 3.05) is 24.7 Å². The molecule has 2 rings (SSSR count). The zero-order valence-corrected chi connectivity index (χ0v) is 17.2. The second kappa shape index (κ2) is 12.1. The Labute approximate surface area is 169 Å². The average Bonchev–Trinajstić information content (AvgIpc) is 2.58. The largest absolute Gasteiger partial charge is 0.380 e. The summed E-state index contributed by atoms with van der Waals surface area (Å²) in [6.45, 7) is 1.16. The van der Waals surface area contributed by atoms with Gasteiger partial charge in [0.2, 0.25) is 0 Å². The van der Waals surface area contributed by atoms with Crippen molar-refractivity contribution in [3.8, 4) is 0 Å². The minimum atomic E-state index is -0.212. The molecule has 2 aromatic rings. The van der Waals surface area contributed by atoms with E-state index < -0.39 is 0 Å². The smallest absolute Gasteiger partial charge is 0.193 e. The fourth-order valence-electron chi connectivity index (χ4n) is 2.09. The van der Waals surface area contributed by atoms with Gasteiger partial charge in [-0.2, -0.15) is 0 Å². The fourth-order valence-corrected chi connectivity index (χ4v) is 2.92. The summed E-state index contributed by atoms with van der Waals surface area (Å²) in [5.41, 5.74) is 7.87. The van der Waals surface area contributed by atoms with Gasteiger partial charge in [0.25, 0.3) is 0 Å². The summed E-state index contributed by atoms with van der Waals surface area (Å²) in [5.74, 6) is 1.09. The first kappa shape index (κ1) is 21.7. The van der Waals surface area contributed by atoms with Gasteiger partial charge in [-0.1, -0.05) is 18.2 Å². The van der Waals surface area contributed by atoms with Crippen LogP contribution in [0.4, 0.5) is 10.1 Å². The molecule has 3 N–H and O–H groups in total. The number of nitrogens with one attached hydrogen (secondary N) is 1. The maximum Gasteiger partial charge on any atom is 0.193 e. The fraction of sp³-hybridized carbons (Fsp3) is 0.278. The van der Waals surface area contributed by atoms with Crippen molar-refractivity contribution in [1.29, 1.82) is 0 Å². The van der Waals surface area contributed by atoms with Crippen LogP contribution in [0.15, 0.2) is 58.4 Å². The summed E-state index contributed by atoms with van der Waals surface area (Å²) in [5, 5.41) is 3.11. The molecule has 0 atom stereocenters. The Kier molecular flexibility index (Phi) is 10.5. The number of guanidine groups is 1. The molecule has 0 aliphatic rings. The third-order valence-corrected chi connectivity index (χ3v) is 4.35. The molecule has 0 bridgehead atoms. The molecule has 2 aromatic carbocycles. The molecule has 0 radical (unpaired) electrons. The van der Waals surface area contributed by atoms with Crippen LogP contribution in [0.3, 0.4) is 0 Å². The molecule has 0 heterocycles. The number of halogens is 2. The van der Waals surface area contributed by atoms with E-state index in [4.69, 9.17) is 10.5 Å². The lowest BCUT2D eigenvalue weighted by Crippen LogP contribution is -2.23. The molecule has 0 fully saturated rings. The summed E-state index contributed by atoms with van der Waals surface area (Å²) in [6, 6.07) is 14.3. The number of hydrogen-bond acceptors (Lipinski definition) is 3. The van der Waals surface area contributed by atoms with Gasteiger partial charge in [-0.25, -0.2) is 4.39 Å². The van der Waals surface area contributed by atoms with Gasteiger partial charge in [-0.3, -0.25) is 4.99 Å². The molecule has 7 heteroatoms. The predicted molar refractivity (Wildman–Crippen MR) is 114 cm³/mol. The Morgan fingerprint density at radius 1 is 1.20 bits per heavy atom. The zero-order chi connectivity index (χ0) is 17.2. The van der Waals surface area contributed by atoms with Crippen LogP contribution in [0.5, 0.6) is 0 Å². The number of nitrogens with two attached hydrogens (primary N) is 1. The molecule has 0 saturated carbocycles. The highest BCUT2D eigenvalue weighted by Crippen LogP contribution is 2.19. The predicted octanol–water partition coefficient (Wildman–Crippen LogP) is 4.50. The third kappa shape index (κ3) is 8.06. The number of nitrogens with zero attached hydrogens (tertiary/aromatic N) is 1. The van der Waals surface area contributed by atoms with E-state index in [-0.39, 0.29) is 29.8 Å². The van der Waals surface area contributed by atoms with Gasteiger partial charge in [0, 0.05) is 29.8 Å². The second-order valence-electron chi connectivity index (χ2n) is 5.14. The van der Waals surface area contributed by atoms with Crippen molar-refractivity contribution in [3.63, 3.8) is 0 Å². The summed E-state index contributed by atoms with van der Waals surface area (Å²) < 4.78 is 18.0. The second-order valence-corrected chi connectivity index (χ2v) is 6.31. The van der Waals surface area contributed by atoms with Crippen molar-refractivity contribution < 1.29 is 9.13 Å². The van der Waals surface area contributed by atoms with Crippen LogP contribution in [-0.4, -0.2) is 25.4 Å². The lowest BCUT2D eigenvalue weighted by atomic mass is 10.2. The van der Waals surface area contributed by atoms with Crippen molar-refractivity contribution in [3.05, 3.63) is 59.9 Å². The molecular weight excluding hydrogens is 452 g/mol. The maximum atomic E-state index is 12.8. The number of aliphatic imine (C=N–C) groups is 1. The van der Waals surface area contributed by atoms with E-state index in [9.17, 15) is 4.39 Å². The van der Waals surface area contributed by atoms with Crippen LogP contribution in [0.25, 0.3) is 0 Å². The molecule has 0 saturated heterocycles. The van der Waals surface area contributed by atoms with Crippen LogP contribution in [0.2, 0.25) is 0 Å². The number of anilines is 1. The monoisotopic (exact) mass is 475 g/mol. The summed E-state index contributed by atoms with van der Waals surface area (Å²) >= 11 is 1.68. The van der Waals surface area contributed by atoms with E-state index >= 15 is 0 Å². The van der Waals surface area contributed by atoms with Crippen LogP contribution >= 0.6 is 35.7 Å². The van der Waals surface area contributed by atoms with Gasteiger partial charge in [0.1, 0.15) is 5.82 Å². The maximum absolute atomic E-state index is 12.8. The molecule has 4 nitrogen and oxygen atoms in total. The van der Waals surface area contributed by atoms with Gasteiger partial charge < -0.3 is 15.8 Å². The van der Waals surface area contributed by atoms with Gasteiger partial charge >= 0.3 is 0 Å². The average molecular weight is 475 g/mol. The van der Waals surface area contributed by atoms with Crippen LogP contribution < -0.4 is 11.1 Å². The summed E-state index contributed by atoms with van der Waals surface area (Å²) in [6.07, 6.45) is 0.893. The minimum Gasteiger partial charge on any atom is -0.380 e. The van der Waals surface area contributed by atoms with E-state index in [2.05, 4.69) is 10.3 Å². The number of rotatable bonds is 8. The highest BCUT2D eigenvalue weighted by Gasteiger charge is 2.02. The van der Waals surface area contributed by atoms with E-state index in [0.29, 0.717) is 19.1 Å². The molecule has 0 amide bonds. The molecule has 136 valence electrons. The summed E-state index contributed by atoms with van der Waals surface area (Å²) in [7, 11) is 1.66. The minimum absolute atomic E-state index is 0. The molecular formula is C18H23FIN3OS. The van der Waals surface area contributed by atoms with Gasteiger partial charge in [-0.05, 0) is 42.5 Å². The Bertz CT molecular complexity index is 668. The molecule has 0 aliphatic heterocycles. The number of ether oxygens (including phenoxy) is 1. The zero-order valence-electron chi connectivity index (χ0n) is 14.1. The van der Waals surface area contributed by atoms with E-state index in [1.165, 1.54) is 12.1 Å². The number of para-hydroxylation sites is 1. The first-order valence-electron chi connectivity index (χ1n) is 7.71. The topological polar surface area (TPSA) is 59.6 Å². The quantitative estimate of drug-likeness (QED) is 0.194. The number of hydrogen-bond donors (Lipinski definition) is 2. The summed E-state index contributed by atoms with van der Waals surface area (Å²) in [4.78, 5) is 5.39. The normalized spacial score (nSPS) is 11.0. The Balaban J connectivity index is 0.00000312. The number of thioether (sulfide) groups is 1. The van der Waals surface area contributed by atoms with Crippen LogP contribution in [0, 0.1) is 5.82 Å². The van der Waals surface area contributed by atoms with Gasteiger partial charge in [-0.15, -0.1) is 35.7 Å². The Morgan fingerprint density at radius 2 is 1.92 bits per heavy atom. The highest BCUT2D eigenvalue weighted by molar-refractivity contribution is 14.0. The van der Waals surface area contributed by atoms with Crippen molar-refractivity contribution in [2.24, 2.45) is 10.7 Å². The first-order chi connectivity index (χ1) is 11.7. The van der Waals surface area contributed by atoms with Crippen LogP contribution in [-0.2, 0) is 11.3 Å². The van der Waals surface area contributed by atoms with Gasteiger partial charge in [0.15, 0.2) is 5.96 Å². The van der Waals surface area contributed by atoms with Gasteiger partial charge in [0.05, 0.1) is 6.61 Å². The first-order valence-corrected chi connectivity index (χ1v) is 8.70. The van der Waals surface area contributed by atoms with Crippen molar-refractivity contribution in [2.45, 2.75) is 17.9 Å². The third-order valence-electron chi connectivity index (χ3n) is 3.25. The number of methoxy groups -OCH3 is 1. The van der Waals surface area contributed by atoms with E-state index in [1.807, 2.05) is 24.3 Å². The Hall–Kier alpha value is -1.32. The molecule has 0 aromatic heterocycles. The van der Waals surface area contributed by atoms with E-state index in [0.717, 1.165) is 28.3 Å². The molecule has 0 unspecified atom stereocenters. The Morgan fingerprint density at radius 3 is 2.64 bits per heavy atom. The van der Waals surface area contributed by atoms with Crippen molar-refractivity contribution >= 4 is 47.4 Å². The SMILES string of the molecule is COCc1ccccc1NC(N)=NCCCSc1ccc(F)cc1.I.